The molecular formula is C15H19N3O3. The maximum Gasteiger partial charge on any atom is 0.317 e. The Morgan fingerprint density at radius 1 is 1.38 bits per heavy atom. The van der Waals surface area contributed by atoms with Crippen molar-refractivity contribution in [2.24, 2.45) is 0 Å². The van der Waals surface area contributed by atoms with E-state index >= 15 is 0 Å². The first-order valence-corrected chi connectivity index (χ1v) is 6.94. The Labute approximate surface area is 123 Å². The summed E-state index contributed by atoms with van der Waals surface area (Å²) in [6, 6.07) is 9.66. The van der Waals surface area contributed by atoms with Crippen molar-refractivity contribution < 1.29 is 14.4 Å². The predicted octanol–water partition coefficient (Wildman–Crippen LogP) is 2.42. The lowest BCUT2D eigenvalue weighted by atomic mass is 10.2. The lowest BCUT2D eigenvalue weighted by Gasteiger charge is -2.24. The van der Waals surface area contributed by atoms with E-state index in [9.17, 15) is 4.79 Å². The second-order valence-electron chi connectivity index (χ2n) is 4.93. The molecule has 2 rings (SSSR count). The first-order valence-electron chi connectivity index (χ1n) is 6.94. The summed E-state index contributed by atoms with van der Waals surface area (Å²) in [4.78, 5) is 17.1. The zero-order valence-corrected chi connectivity index (χ0v) is 12.2. The molecule has 0 unspecified atom stereocenters. The number of rotatable bonds is 7. The summed E-state index contributed by atoms with van der Waals surface area (Å²) in [5, 5.41) is 12.9. The Balaban J connectivity index is 2.11. The van der Waals surface area contributed by atoms with Crippen molar-refractivity contribution >= 4 is 5.97 Å². The quantitative estimate of drug-likeness (QED) is 0.843. The molecule has 0 amide bonds. The molecular weight excluding hydrogens is 270 g/mol. The number of hydrogen-bond acceptors (Lipinski definition) is 5. The summed E-state index contributed by atoms with van der Waals surface area (Å²) >= 11 is 0. The normalized spacial score (nSPS) is 12.5. The molecule has 1 aromatic heterocycles. The lowest BCUT2D eigenvalue weighted by molar-refractivity contribution is -0.139. The van der Waals surface area contributed by atoms with E-state index in [4.69, 9.17) is 9.63 Å². The maximum atomic E-state index is 10.9. The van der Waals surface area contributed by atoms with Gasteiger partial charge in [-0.1, -0.05) is 42.4 Å². The summed E-state index contributed by atoms with van der Waals surface area (Å²) in [5.74, 6) is 0.0820. The zero-order valence-electron chi connectivity index (χ0n) is 12.2. The van der Waals surface area contributed by atoms with Gasteiger partial charge in [-0.25, -0.2) is 0 Å². The van der Waals surface area contributed by atoms with Crippen LogP contribution in [0.25, 0.3) is 11.4 Å². The highest BCUT2D eigenvalue weighted by Crippen LogP contribution is 2.16. The SMILES string of the molecule is CC[C@H](C)N(CC(=O)O)Cc1nc(-c2ccccc2)no1. The standard InChI is InChI=1S/C15H19N3O3/c1-3-11(2)18(10-14(19)20)9-13-16-15(17-21-13)12-7-5-4-6-8-12/h4-8,11H,3,9-10H2,1-2H3,(H,19,20)/t11-/m0/s1. The molecule has 1 N–H and O–H groups in total. The second kappa shape index (κ2) is 6.99. The average Bonchev–Trinajstić information content (AvgIpc) is 2.95. The van der Waals surface area contributed by atoms with E-state index in [1.807, 2.05) is 49.1 Å². The van der Waals surface area contributed by atoms with E-state index in [0.717, 1.165) is 12.0 Å². The first kappa shape index (κ1) is 15.2. The van der Waals surface area contributed by atoms with Crippen molar-refractivity contribution in [3.63, 3.8) is 0 Å². The van der Waals surface area contributed by atoms with E-state index in [1.165, 1.54) is 0 Å². The number of nitrogens with zero attached hydrogens (tertiary/aromatic N) is 3. The minimum absolute atomic E-state index is 0.0436. The van der Waals surface area contributed by atoms with Gasteiger partial charge in [0.05, 0.1) is 13.1 Å². The first-order chi connectivity index (χ1) is 10.1. The fourth-order valence-electron chi connectivity index (χ4n) is 2.00. The van der Waals surface area contributed by atoms with Crippen LogP contribution in [0.15, 0.2) is 34.9 Å². The number of aliphatic carboxylic acids is 1. The number of hydrogen-bond donors (Lipinski definition) is 1. The number of carbonyl (C=O) groups is 1. The molecule has 6 heteroatoms. The molecule has 0 spiro atoms. The molecule has 0 fully saturated rings. The third kappa shape index (κ3) is 4.13. The van der Waals surface area contributed by atoms with Crippen LogP contribution in [0.3, 0.4) is 0 Å². The van der Waals surface area contributed by atoms with Gasteiger partial charge in [0.1, 0.15) is 0 Å². The Hall–Kier alpha value is -2.21. The monoisotopic (exact) mass is 289 g/mol. The molecule has 0 aliphatic rings. The van der Waals surface area contributed by atoms with Crippen molar-refractivity contribution in [1.82, 2.24) is 15.0 Å². The summed E-state index contributed by atoms with van der Waals surface area (Å²) < 4.78 is 5.23. The van der Waals surface area contributed by atoms with E-state index in [0.29, 0.717) is 18.3 Å². The van der Waals surface area contributed by atoms with Crippen LogP contribution in [0.4, 0.5) is 0 Å². The maximum absolute atomic E-state index is 10.9. The topological polar surface area (TPSA) is 79.5 Å². The van der Waals surface area contributed by atoms with Crippen LogP contribution in [0.2, 0.25) is 0 Å². The summed E-state index contributed by atoms with van der Waals surface area (Å²) in [6.07, 6.45) is 0.854. The van der Waals surface area contributed by atoms with Crippen LogP contribution in [-0.4, -0.2) is 38.7 Å². The van der Waals surface area contributed by atoms with Crippen molar-refractivity contribution in [2.75, 3.05) is 6.54 Å². The van der Waals surface area contributed by atoms with Gasteiger partial charge in [0.2, 0.25) is 11.7 Å². The van der Waals surface area contributed by atoms with E-state index < -0.39 is 5.97 Å². The number of carboxylic acids is 1. The smallest absolute Gasteiger partial charge is 0.317 e. The van der Waals surface area contributed by atoms with Crippen LogP contribution in [0.5, 0.6) is 0 Å². The van der Waals surface area contributed by atoms with Crippen molar-refractivity contribution in [3.05, 3.63) is 36.2 Å². The van der Waals surface area contributed by atoms with Crippen molar-refractivity contribution in [2.45, 2.75) is 32.9 Å². The van der Waals surface area contributed by atoms with Crippen LogP contribution >= 0.6 is 0 Å². The third-order valence-corrected chi connectivity index (χ3v) is 3.39. The minimum Gasteiger partial charge on any atom is -0.480 e. The highest BCUT2D eigenvalue weighted by molar-refractivity contribution is 5.69. The highest BCUT2D eigenvalue weighted by atomic mass is 16.5. The number of benzene rings is 1. The summed E-state index contributed by atoms with van der Waals surface area (Å²) in [6.45, 7) is 4.29. The van der Waals surface area contributed by atoms with Crippen LogP contribution < -0.4 is 0 Å². The van der Waals surface area contributed by atoms with Crippen molar-refractivity contribution in [1.29, 1.82) is 0 Å². The van der Waals surface area contributed by atoms with E-state index in [1.54, 1.807) is 0 Å². The number of carboxylic acid groups (broad SMARTS) is 1. The van der Waals surface area contributed by atoms with Gasteiger partial charge < -0.3 is 9.63 Å². The molecule has 1 heterocycles. The predicted molar refractivity (Wildman–Crippen MR) is 77.5 cm³/mol. The lowest BCUT2D eigenvalue weighted by Crippen LogP contribution is -2.36. The molecule has 21 heavy (non-hydrogen) atoms. The second-order valence-corrected chi connectivity index (χ2v) is 4.93. The van der Waals surface area contributed by atoms with Crippen LogP contribution in [0, 0.1) is 0 Å². The molecule has 1 aromatic carbocycles. The van der Waals surface area contributed by atoms with Crippen molar-refractivity contribution in [3.8, 4) is 11.4 Å². The molecule has 0 aliphatic carbocycles. The van der Waals surface area contributed by atoms with Gasteiger partial charge in [0.25, 0.3) is 0 Å². The molecule has 2 aromatic rings. The largest absolute Gasteiger partial charge is 0.480 e. The fourth-order valence-corrected chi connectivity index (χ4v) is 2.00. The fraction of sp³-hybridized carbons (Fsp3) is 0.400. The van der Waals surface area contributed by atoms with Crippen LogP contribution in [0.1, 0.15) is 26.2 Å². The van der Waals surface area contributed by atoms with Gasteiger partial charge in [-0.15, -0.1) is 0 Å². The number of aromatic nitrogens is 2. The van der Waals surface area contributed by atoms with Gasteiger partial charge in [-0.05, 0) is 13.3 Å². The Kier molecular flexibility index (Phi) is 5.05. The highest BCUT2D eigenvalue weighted by Gasteiger charge is 2.19. The van der Waals surface area contributed by atoms with Crippen LogP contribution in [-0.2, 0) is 11.3 Å². The molecule has 0 radical (unpaired) electrons. The van der Waals surface area contributed by atoms with Gasteiger partial charge in [0.15, 0.2) is 0 Å². The third-order valence-electron chi connectivity index (χ3n) is 3.39. The molecule has 1 atom stereocenters. The Bertz CT molecular complexity index is 583. The van der Waals surface area contributed by atoms with Gasteiger partial charge in [-0.3, -0.25) is 9.69 Å². The Morgan fingerprint density at radius 2 is 2.10 bits per heavy atom. The molecule has 6 nitrogen and oxygen atoms in total. The molecule has 112 valence electrons. The van der Waals surface area contributed by atoms with Gasteiger partial charge in [0, 0.05) is 11.6 Å². The Morgan fingerprint density at radius 3 is 2.71 bits per heavy atom. The van der Waals surface area contributed by atoms with Gasteiger partial charge >= 0.3 is 5.97 Å². The van der Waals surface area contributed by atoms with E-state index in [2.05, 4.69) is 10.1 Å². The average molecular weight is 289 g/mol. The molecule has 0 saturated carbocycles. The summed E-state index contributed by atoms with van der Waals surface area (Å²) in [7, 11) is 0. The molecule has 0 saturated heterocycles. The zero-order chi connectivity index (χ0) is 15.2. The summed E-state index contributed by atoms with van der Waals surface area (Å²) in [5.41, 5.74) is 0.876. The molecule has 0 aliphatic heterocycles. The molecule has 0 bridgehead atoms. The van der Waals surface area contributed by atoms with E-state index in [-0.39, 0.29) is 12.6 Å². The van der Waals surface area contributed by atoms with Gasteiger partial charge in [-0.2, -0.15) is 4.98 Å². The minimum atomic E-state index is -0.863.